The van der Waals surface area contributed by atoms with Gasteiger partial charge in [0.15, 0.2) is 6.29 Å². The number of ether oxygens (including phenoxy) is 3. The van der Waals surface area contributed by atoms with Crippen molar-refractivity contribution in [2.24, 2.45) is 17.8 Å². The number of anilines is 1. The molecule has 9 nitrogen and oxygen atoms in total. The van der Waals surface area contributed by atoms with Gasteiger partial charge in [-0.1, -0.05) is 37.9 Å². The average molecular weight is 732 g/mol. The van der Waals surface area contributed by atoms with Crippen molar-refractivity contribution in [3.05, 3.63) is 58.1 Å². The van der Waals surface area contributed by atoms with Crippen LogP contribution in [-0.2, 0) is 32.3 Å². The van der Waals surface area contributed by atoms with E-state index in [2.05, 4.69) is 54.6 Å². The molecule has 1 saturated heterocycles. The summed E-state index contributed by atoms with van der Waals surface area (Å²) in [6, 6.07) is 12.3. The Bertz CT molecular complexity index is 1470. The molecule has 2 aliphatic carbocycles. The number of carbonyl (C=O) groups is 1. The molecule has 1 saturated carbocycles. The largest absolute Gasteiger partial charge is 0.490 e. The first-order chi connectivity index (χ1) is 24.1. The zero-order chi connectivity index (χ0) is 36.0. The predicted molar refractivity (Wildman–Crippen MR) is 202 cm³/mol. The van der Waals surface area contributed by atoms with Gasteiger partial charge in [-0.05, 0) is 119 Å². The first-order valence-corrected chi connectivity index (χ1v) is 20.0. The molecule has 11 heteroatoms. The fourth-order valence-corrected chi connectivity index (χ4v) is 9.33. The molecule has 1 spiro atoms. The van der Waals surface area contributed by atoms with Gasteiger partial charge in [-0.3, -0.25) is 9.52 Å². The Hall–Kier alpha value is -2.21. The smallest absolute Gasteiger partial charge is 0.263 e. The summed E-state index contributed by atoms with van der Waals surface area (Å²) in [7, 11) is 3.66. The van der Waals surface area contributed by atoms with E-state index < -0.39 is 11.0 Å². The second-order valence-corrected chi connectivity index (χ2v) is 17.0. The van der Waals surface area contributed by atoms with Gasteiger partial charge in [0.05, 0.1) is 36.8 Å². The molecule has 2 N–H and O–H groups in total. The number of hydrogen-bond acceptors (Lipinski definition) is 8. The number of carbonyl (C=O) groups excluding carboxylic acids is 1. The number of aliphatic hydroxyl groups is 1. The fourth-order valence-electron chi connectivity index (χ4n) is 8.09. The Labute approximate surface area is 307 Å². The SMILES string of the molecule is CCCC(C)C(C)S(=O)NC(=O)c1ccc2c(c1)N(CC1CCC1CC1OCC(N(C)C)CO1)C[C@@]1(CCCc3cc(Cl)ccc31)CO2.CO. The highest BCUT2D eigenvalue weighted by Gasteiger charge is 2.44. The number of aryl methyl sites for hydroxylation is 1. The number of aliphatic hydroxyl groups excluding tert-OH is 1. The molecule has 6 rings (SSSR count). The zero-order valence-electron chi connectivity index (χ0n) is 30.8. The second-order valence-electron chi connectivity index (χ2n) is 15.0. The van der Waals surface area contributed by atoms with E-state index in [1.165, 1.54) is 11.1 Å². The van der Waals surface area contributed by atoms with Crippen molar-refractivity contribution in [3.8, 4) is 5.75 Å². The first kappa shape index (κ1) is 39.0. The van der Waals surface area contributed by atoms with E-state index in [0.29, 0.717) is 43.3 Å². The Balaban J connectivity index is 0.00000239. The van der Waals surface area contributed by atoms with E-state index in [4.69, 9.17) is 30.9 Å². The maximum atomic E-state index is 13.5. The number of nitrogens with one attached hydrogen (secondary N) is 1. The van der Waals surface area contributed by atoms with Gasteiger partial charge in [-0.25, -0.2) is 4.21 Å². The van der Waals surface area contributed by atoms with E-state index >= 15 is 0 Å². The molecule has 5 unspecified atom stereocenters. The monoisotopic (exact) mass is 731 g/mol. The van der Waals surface area contributed by atoms with Crippen LogP contribution in [0.3, 0.4) is 0 Å². The van der Waals surface area contributed by atoms with Crippen LogP contribution in [0.2, 0.25) is 5.02 Å². The molecule has 4 aliphatic rings. The summed E-state index contributed by atoms with van der Waals surface area (Å²) in [5.41, 5.74) is 3.87. The maximum absolute atomic E-state index is 13.5. The zero-order valence-corrected chi connectivity index (χ0v) is 32.4. The lowest BCUT2D eigenvalue weighted by Crippen LogP contribution is -2.49. The highest BCUT2D eigenvalue weighted by atomic mass is 35.5. The van der Waals surface area contributed by atoms with Crippen LogP contribution in [0.1, 0.15) is 87.2 Å². The normalized spacial score (nSPS) is 27.7. The summed E-state index contributed by atoms with van der Waals surface area (Å²) >= 11 is 6.46. The predicted octanol–water partition coefficient (Wildman–Crippen LogP) is 6.36. The maximum Gasteiger partial charge on any atom is 0.263 e. The van der Waals surface area contributed by atoms with Crippen LogP contribution in [0.25, 0.3) is 0 Å². The number of rotatable bonds is 11. The molecule has 2 aromatic carbocycles. The highest BCUT2D eigenvalue weighted by molar-refractivity contribution is 7.84. The molecule has 0 bridgehead atoms. The van der Waals surface area contributed by atoms with Gasteiger partial charge >= 0.3 is 0 Å². The first-order valence-electron chi connectivity index (χ1n) is 18.4. The van der Waals surface area contributed by atoms with E-state index in [1.54, 1.807) is 6.07 Å². The van der Waals surface area contributed by atoms with E-state index in [-0.39, 0.29) is 28.8 Å². The van der Waals surface area contributed by atoms with Crippen LogP contribution in [0.15, 0.2) is 36.4 Å². The number of likely N-dealkylation sites (N-methyl/N-ethyl adjacent to an activating group) is 1. The quantitative estimate of drug-likeness (QED) is 0.276. The number of hydrogen-bond donors (Lipinski definition) is 2. The topological polar surface area (TPSA) is 101 Å². The van der Waals surface area contributed by atoms with Crippen LogP contribution >= 0.6 is 11.6 Å². The summed E-state index contributed by atoms with van der Waals surface area (Å²) in [4.78, 5) is 18.2. The number of nitrogens with zero attached hydrogens (tertiary/aromatic N) is 2. The minimum atomic E-state index is -1.47. The standard InChI is InChI=1S/C38H54ClN3O5S.CH4O/c1-6-8-25(2)26(3)48(44)40-37(43)29-12-15-35-34(18-29)42(20-30-11-10-27(30)19-36-45-21-32(22-46-36)41(4)5)23-38(24-47-35)16-7-9-28-17-31(39)13-14-33(28)38;1-2/h12-15,17-18,25-27,30,32,36H,6-11,16,19-24H2,1-5H3,(H,40,43);2H,1H3/t25?,26?,27?,30?,32?,36?,38-,48?;/m0./s1. The van der Waals surface area contributed by atoms with Crippen LogP contribution in [0.4, 0.5) is 5.69 Å². The van der Waals surface area contributed by atoms with E-state index in [9.17, 15) is 9.00 Å². The van der Waals surface area contributed by atoms with Crippen molar-refractivity contribution in [3.63, 3.8) is 0 Å². The van der Waals surface area contributed by atoms with Crippen molar-refractivity contribution >= 4 is 34.2 Å². The Kier molecular flexibility index (Phi) is 13.7. The van der Waals surface area contributed by atoms with Gasteiger partial charge < -0.3 is 29.1 Å². The van der Waals surface area contributed by atoms with Gasteiger partial charge in [-0.15, -0.1) is 0 Å². The van der Waals surface area contributed by atoms with Gasteiger partial charge in [0, 0.05) is 42.6 Å². The molecule has 50 heavy (non-hydrogen) atoms. The summed E-state index contributed by atoms with van der Waals surface area (Å²) < 4.78 is 34.9. The van der Waals surface area contributed by atoms with Gasteiger partial charge in [-0.2, -0.15) is 0 Å². The lowest BCUT2D eigenvalue weighted by Gasteiger charge is -2.45. The summed E-state index contributed by atoms with van der Waals surface area (Å²) in [6.07, 6.45) is 8.17. The van der Waals surface area contributed by atoms with Crippen molar-refractivity contribution in [1.82, 2.24) is 9.62 Å². The molecule has 2 aromatic rings. The summed E-state index contributed by atoms with van der Waals surface area (Å²) in [5.74, 6) is 1.72. The minimum absolute atomic E-state index is 0.129. The molecule has 1 amide bonds. The second kappa shape index (κ2) is 17.5. The molecular formula is C39H58ClN3O6S. The molecule has 6 atom stereocenters. The number of amides is 1. The van der Waals surface area contributed by atoms with Crippen molar-refractivity contribution in [2.45, 2.75) is 95.1 Å². The van der Waals surface area contributed by atoms with Crippen LogP contribution in [0, 0.1) is 17.8 Å². The van der Waals surface area contributed by atoms with Crippen molar-refractivity contribution < 1.29 is 28.3 Å². The molecule has 0 radical (unpaired) electrons. The third-order valence-corrected chi connectivity index (χ3v) is 13.3. The lowest BCUT2D eigenvalue weighted by atomic mass is 9.69. The summed E-state index contributed by atoms with van der Waals surface area (Å²) in [5, 5.41) is 7.64. The third kappa shape index (κ3) is 8.87. The van der Waals surface area contributed by atoms with Crippen LogP contribution in [-0.4, -0.2) is 91.8 Å². The molecule has 2 fully saturated rings. The van der Waals surface area contributed by atoms with E-state index in [1.807, 2.05) is 25.1 Å². The summed E-state index contributed by atoms with van der Waals surface area (Å²) in [6.45, 7) is 9.80. The van der Waals surface area contributed by atoms with Crippen molar-refractivity contribution in [2.75, 3.05) is 59.0 Å². The minimum Gasteiger partial charge on any atom is -0.490 e. The Morgan fingerprint density at radius 3 is 2.54 bits per heavy atom. The fraction of sp³-hybridized carbons (Fsp3) is 0.667. The molecule has 2 aliphatic heterocycles. The number of benzene rings is 2. The lowest BCUT2D eigenvalue weighted by molar-refractivity contribution is -0.212. The van der Waals surface area contributed by atoms with Crippen LogP contribution < -0.4 is 14.4 Å². The third-order valence-electron chi connectivity index (χ3n) is 11.6. The highest BCUT2D eigenvalue weighted by Crippen LogP contribution is 2.47. The van der Waals surface area contributed by atoms with Crippen molar-refractivity contribution in [1.29, 1.82) is 0 Å². The average Bonchev–Trinajstić information content (AvgIpc) is 3.26. The molecule has 278 valence electrons. The number of fused-ring (bicyclic) bond motifs is 3. The van der Waals surface area contributed by atoms with E-state index in [0.717, 1.165) is 88.0 Å². The van der Waals surface area contributed by atoms with Crippen LogP contribution in [0.5, 0.6) is 5.75 Å². The number of halogens is 1. The Morgan fingerprint density at radius 2 is 1.86 bits per heavy atom. The Morgan fingerprint density at radius 1 is 1.12 bits per heavy atom. The molecular weight excluding hydrogens is 674 g/mol. The van der Waals surface area contributed by atoms with Gasteiger partial charge in [0.2, 0.25) is 0 Å². The molecule has 0 aromatic heterocycles. The van der Waals surface area contributed by atoms with Gasteiger partial charge in [0.1, 0.15) is 16.7 Å². The van der Waals surface area contributed by atoms with Gasteiger partial charge in [0.25, 0.3) is 5.91 Å². The molecule has 2 heterocycles.